The lowest BCUT2D eigenvalue weighted by Crippen LogP contribution is -2.72. The number of carbonyl (C=O) groups excluding carboxylic acids is 1. The molecule has 2 heterocycles. The Kier molecular flexibility index (Phi) is 4.96. The topological polar surface area (TPSA) is 89.2 Å². The van der Waals surface area contributed by atoms with Gasteiger partial charge in [0.1, 0.15) is 4.90 Å². The first kappa shape index (κ1) is 16.7. The Labute approximate surface area is 144 Å². The number of hydrogen-bond acceptors (Lipinski definition) is 4. The van der Waals surface area contributed by atoms with Crippen molar-refractivity contribution in [3.05, 3.63) is 46.7 Å². The predicted molar refractivity (Wildman–Crippen MR) is 93.5 cm³/mol. The number of benzene rings is 1. The summed E-state index contributed by atoms with van der Waals surface area (Å²) in [6, 6.07) is 8.14. The SMILES string of the molecule is O=C(Cc1ccsc1)Nc1cccc(S(=O)(=O)NC2=[NH+]CCC2)c1. The Balaban J connectivity index is 1.70. The summed E-state index contributed by atoms with van der Waals surface area (Å²) in [6.07, 6.45) is 1.87. The van der Waals surface area contributed by atoms with Gasteiger partial charge in [-0.2, -0.15) is 24.5 Å². The molecule has 1 aliphatic heterocycles. The summed E-state index contributed by atoms with van der Waals surface area (Å²) in [7, 11) is -3.65. The van der Waals surface area contributed by atoms with Crippen LogP contribution in [-0.4, -0.2) is 26.7 Å². The lowest BCUT2D eigenvalue weighted by Gasteiger charge is -2.07. The summed E-state index contributed by atoms with van der Waals surface area (Å²) in [6.45, 7) is 0.774. The third-order valence-corrected chi connectivity index (χ3v) is 5.69. The first-order chi connectivity index (χ1) is 11.5. The van der Waals surface area contributed by atoms with Crippen molar-refractivity contribution in [1.82, 2.24) is 4.72 Å². The van der Waals surface area contributed by atoms with E-state index in [9.17, 15) is 13.2 Å². The van der Waals surface area contributed by atoms with Crippen LogP contribution < -0.4 is 15.0 Å². The molecule has 126 valence electrons. The summed E-state index contributed by atoms with van der Waals surface area (Å²) in [4.78, 5) is 15.2. The van der Waals surface area contributed by atoms with Crippen molar-refractivity contribution in [3.8, 4) is 0 Å². The zero-order chi connectivity index (χ0) is 17.0. The number of carbonyl (C=O) groups is 1. The van der Waals surface area contributed by atoms with Crippen molar-refractivity contribution in [2.24, 2.45) is 0 Å². The smallest absolute Gasteiger partial charge is 0.326 e. The number of rotatable bonds is 5. The molecule has 1 aromatic heterocycles. The summed E-state index contributed by atoms with van der Waals surface area (Å²) >= 11 is 1.53. The minimum atomic E-state index is -3.65. The molecule has 1 aliphatic rings. The van der Waals surface area contributed by atoms with Gasteiger partial charge in [-0.3, -0.25) is 9.79 Å². The van der Waals surface area contributed by atoms with Crippen LogP contribution in [0.2, 0.25) is 0 Å². The molecule has 0 radical (unpaired) electrons. The van der Waals surface area contributed by atoms with E-state index in [1.54, 1.807) is 12.1 Å². The molecular formula is C16H18N3O3S2+. The summed E-state index contributed by atoms with van der Waals surface area (Å²) in [5, 5.41) is 6.56. The maximum Gasteiger partial charge on any atom is 0.328 e. The second kappa shape index (κ2) is 7.14. The van der Waals surface area contributed by atoms with Gasteiger partial charge in [0.2, 0.25) is 5.91 Å². The van der Waals surface area contributed by atoms with Gasteiger partial charge in [-0.15, -0.1) is 0 Å². The Hall–Kier alpha value is -2.19. The second-order valence-electron chi connectivity index (χ2n) is 5.50. The van der Waals surface area contributed by atoms with Crippen molar-refractivity contribution in [2.75, 3.05) is 11.9 Å². The number of amides is 1. The summed E-state index contributed by atoms with van der Waals surface area (Å²) in [5.41, 5.74) is 1.40. The van der Waals surface area contributed by atoms with Crippen LogP contribution in [0, 0.1) is 0 Å². The van der Waals surface area contributed by atoms with Crippen LogP contribution in [0.4, 0.5) is 5.69 Å². The molecule has 0 fully saturated rings. The minimum Gasteiger partial charge on any atom is -0.326 e. The summed E-state index contributed by atoms with van der Waals surface area (Å²) in [5.74, 6) is 0.435. The van der Waals surface area contributed by atoms with E-state index in [2.05, 4.69) is 15.0 Å². The van der Waals surface area contributed by atoms with Crippen LogP contribution >= 0.6 is 11.3 Å². The quantitative estimate of drug-likeness (QED) is 0.721. The highest BCUT2D eigenvalue weighted by molar-refractivity contribution is 7.90. The van der Waals surface area contributed by atoms with E-state index >= 15 is 0 Å². The van der Waals surface area contributed by atoms with Gasteiger partial charge in [0.25, 0.3) is 5.84 Å². The first-order valence-electron chi connectivity index (χ1n) is 7.56. The van der Waals surface area contributed by atoms with E-state index in [0.717, 1.165) is 18.5 Å². The van der Waals surface area contributed by atoms with Crippen molar-refractivity contribution >= 4 is 38.8 Å². The van der Waals surface area contributed by atoms with Gasteiger partial charge in [-0.05, 0) is 47.0 Å². The van der Waals surface area contributed by atoms with E-state index < -0.39 is 10.0 Å². The van der Waals surface area contributed by atoms with E-state index in [-0.39, 0.29) is 17.2 Å². The number of amidine groups is 1. The Bertz CT molecular complexity index is 858. The highest BCUT2D eigenvalue weighted by atomic mass is 32.2. The van der Waals surface area contributed by atoms with Gasteiger partial charge in [0.15, 0.2) is 0 Å². The molecule has 0 spiro atoms. The average Bonchev–Trinajstić information content (AvgIpc) is 3.21. The zero-order valence-electron chi connectivity index (χ0n) is 12.9. The fraction of sp³-hybridized carbons (Fsp3) is 0.250. The van der Waals surface area contributed by atoms with Gasteiger partial charge in [-0.1, -0.05) is 6.07 Å². The van der Waals surface area contributed by atoms with Crippen LogP contribution in [-0.2, 0) is 21.2 Å². The molecule has 0 bridgehead atoms. The molecule has 0 saturated carbocycles. The van der Waals surface area contributed by atoms with Gasteiger partial charge in [-0.25, -0.2) is 0 Å². The lowest BCUT2D eigenvalue weighted by molar-refractivity contribution is -0.448. The van der Waals surface area contributed by atoms with Gasteiger partial charge < -0.3 is 5.32 Å². The maximum absolute atomic E-state index is 12.4. The molecular weight excluding hydrogens is 346 g/mol. The van der Waals surface area contributed by atoms with E-state index in [0.29, 0.717) is 17.9 Å². The lowest BCUT2D eigenvalue weighted by atomic mass is 10.2. The second-order valence-corrected chi connectivity index (χ2v) is 7.96. The molecule has 0 saturated heterocycles. The average molecular weight is 364 g/mol. The van der Waals surface area contributed by atoms with Crippen molar-refractivity contribution < 1.29 is 18.2 Å². The fourth-order valence-electron chi connectivity index (χ4n) is 2.43. The number of anilines is 1. The molecule has 3 N–H and O–H groups in total. The normalized spacial score (nSPS) is 14.2. The van der Waals surface area contributed by atoms with Gasteiger partial charge in [0.05, 0.1) is 19.4 Å². The monoisotopic (exact) mass is 364 g/mol. The van der Waals surface area contributed by atoms with Crippen LogP contribution in [0.1, 0.15) is 18.4 Å². The van der Waals surface area contributed by atoms with Crippen molar-refractivity contribution in [3.63, 3.8) is 0 Å². The molecule has 1 aromatic carbocycles. The first-order valence-corrected chi connectivity index (χ1v) is 9.99. The third-order valence-electron chi connectivity index (χ3n) is 3.57. The molecule has 0 atom stereocenters. The highest BCUT2D eigenvalue weighted by Gasteiger charge is 2.24. The van der Waals surface area contributed by atoms with Crippen LogP contribution in [0.25, 0.3) is 0 Å². The Morgan fingerprint density at radius 1 is 1.29 bits per heavy atom. The molecule has 0 unspecified atom stereocenters. The standard InChI is InChI=1S/C16H17N3O3S2/c20-16(9-12-6-8-23-11-12)18-13-3-1-4-14(10-13)24(21,22)19-15-5-2-7-17-15/h1,3-4,6,8,10-11H,2,5,7,9H2,(H,17,19)(H,18,20)/p+1. The number of thiophene rings is 1. The minimum absolute atomic E-state index is 0.122. The van der Waals surface area contributed by atoms with E-state index in [1.165, 1.54) is 23.5 Å². The van der Waals surface area contributed by atoms with Crippen molar-refractivity contribution in [1.29, 1.82) is 0 Å². The predicted octanol–water partition coefficient (Wildman–Crippen LogP) is 0.480. The highest BCUT2D eigenvalue weighted by Crippen LogP contribution is 2.16. The van der Waals surface area contributed by atoms with Crippen LogP contribution in [0.3, 0.4) is 0 Å². The third kappa shape index (κ3) is 4.21. The van der Waals surface area contributed by atoms with Crippen molar-refractivity contribution in [2.45, 2.75) is 24.2 Å². The van der Waals surface area contributed by atoms with Crippen LogP contribution in [0.5, 0.6) is 0 Å². The molecule has 2 aromatic rings. The Morgan fingerprint density at radius 3 is 2.88 bits per heavy atom. The van der Waals surface area contributed by atoms with Gasteiger partial charge >= 0.3 is 10.0 Å². The fourth-order valence-corrected chi connectivity index (χ4v) is 4.25. The van der Waals surface area contributed by atoms with E-state index in [1.807, 2.05) is 16.8 Å². The number of hydrogen-bond donors (Lipinski definition) is 3. The van der Waals surface area contributed by atoms with Gasteiger partial charge in [0, 0.05) is 5.69 Å². The molecule has 3 rings (SSSR count). The molecule has 24 heavy (non-hydrogen) atoms. The molecule has 6 nitrogen and oxygen atoms in total. The largest absolute Gasteiger partial charge is 0.328 e. The molecule has 8 heteroatoms. The van der Waals surface area contributed by atoms with E-state index in [4.69, 9.17) is 0 Å². The zero-order valence-corrected chi connectivity index (χ0v) is 14.5. The molecule has 1 amide bonds. The number of sulfonamides is 1. The summed E-state index contributed by atoms with van der Waals surface area (Å²) < 4.78 is 27.4. The van der Waals surface area contributed by atoms with Crippen LogP contribution in [0.15, 0.2) is 46.0 Å². The molecule has 0 aliphatic carbocycles. The Morgan fingerprint density at radius 2 is 2.17 bits per heavy atom. The number of nitrogens with one attached hydrogen (secondary N) is 3. The maximum atomic E-state index is 12.4.